The van der Waals surface area contributed by atoms with Crippen LogP contribution in [0, 0.1) is 0 Å². The van der Waals surface area contributed by atoms with Gasteiger partial charge in [0.1, 0.15) is 5.75 Å². The molecule has 0 fully saturated rings. The van der Waals surface area contributed by atoms with Crippen molar-refractivity contribution in [2.75, 3.05) is 6.61 Å². The number of ether oxygens (including phenoxy) is 1. The molecule has 2 unspecified atom stereocenters. The van der Waals surface area contributed by atoms with Gasteiger partial charge < -0.3 is 9.29 Å². The van der Waals surface area contributed by atoms with Crippen molar-refractivity contribution in [2.45, 2.75) is 44.0 Å². The Kier molecular flexibility index (Phi) is 6.25. The highest BCUT2D eigenvalue weighted by Crippen LogP contribution is 2.29. The molecular weight excluding hydrogens is 321 g/mol. The van der Waals surface area contributed by atoms with Crippen LogP contribution in [0.2, 0.25) is 0 Å². The number of benzene rings is 1. The highest BCUT2D eigenvalue weighted by molar-refractivity contribution is 7.86. The summed E-state index contributed by atoms with van der Waals surface area (Å²) in [5.74, 6) is 0.720. The molecule has 0 saturated carbocycles. The van der Waals surface area contributed by atoms with Crippen molar-refractivity contribution < 1.29 is 30.9 Å². The molecule has 0 amide bonds. The quantitative estimate of drug-likeness (QED) is 0.681. The van der Waals surface area contributed by atoms with Crippen molar-refractivity contribution in [3.8, 4) is 5.75 Å². The van der Waals surface area contributed by atoms with Crippen LogP contribution < -0.4 is 4.74 Å². The molecule has 1 aromatic carbocycles. The molecule has 0 aliphatic carbocycles. The smallest absolute Gasteiger partial charge is 0.364 e. The standard InChI is InChI=1S/C14H19F3O4S/c1-3-10(2)11-4-6-12(7-5-11)21-9-8-13(15)14(16,17)22(18,19)20/h4-7,10,13H,3,8-9H2,1-2H3,(H,18,19,20)/p-1. The van der Waals surface area contributed by atoms with Gasteiger partial charge in [0.15, 0.2) is 16.3 Å². The molecular formula is C14H18F3O4S-. The van der Waals surface area contributed by atoms with Gasteiger partial charge in [0.05, 0.1) is 6.61 Å². The summed E-state index contributed by atoms with van der Waals surface area (Å²) in [4.78, 5) is 0. The molecule has 0 aliphatic heterocycles. The van der Waals surface area contributed by atoms with E-state index in [0.717, 1.165) is 12.0 Å². The fraction of sp³-hybridized carbons (Fsp3) is 0.571. The third-order valence-corrected chi connectivity index (χ3v) is 4.32. The van der Waals surface area contributed by atoms with Crippen LogP contribution in [0.15, 0.2) is 24.3 Å². The zero-order valence-corrected chi connectivity index (χ0v) is 13.1. The summed E-state index contributed by atoms with van der Waals surface area (Å²) in [6.07, 6.45) is -3.04. The van der Waals surface area contributed by atoms with E-state index < -0.39 is 34.6 Å². The van der Waals surface area contributed by atoms with E-state index in [0.29, 0.717) is 11.7 Å². The van der Waals surface area contributed by atoms with Gasteiger partial charge >= 0.3 is 5.25 Å². The third kappa shape index (κ3) is 4.61. The van der Waals surface area contributed by atoms with E-state index in [1.165, 1.54) is 0 Å². The normalized spacial score (nSPS) is 15.4. The average Bonchev–Trinajstić information content (AvgIpc) is 2.45. The zero-order chi connectivity index (χ0) is 17.0. The van der Waals surface area contributed by atoms with Gasteiger partial charge in [-0.25, -0.2) is 12.8 Å². The fourth-order valence-electron chi connectivity index (χ4n) is 1.73. The van der Waals surface area contributed by atoms with Gasteiger partial charge in [-0.2, -0.15) is 8.78 Å². The van der Waals surface area contributed by atoms with Crippen molar-refractivity contribution in [1.29, 1.82) is 0 Å². The number of rotatable bonds is 8. The van der Waals surface area contributed by atoms with Crippen LogP contribution in [0.3, 0.4) is 0 Å². The Bertz CT molecular complexity index is 572. The van der Waals surface area contributed by atoms with Gasteiger partial charge in [-0.15, -0.1) is 0 Å². The fourth-order valence-corrected chi connectivity index (χ4v) is 2.16. The SMILES string of the molecule is CCC(C)c1ccc(OCCC(F)C(F)(F)S(=O)(=O)[O-])cc1. The van der Waals surface area contributed by atoms with Gasteiger partial charge in [0.2, 0.25) is 0 Å². The molecule has 0 aliphatic rings. The molecule has 1 rings (SSSR count). The van der Waals surface area contributed by atoms with E-state index in [1.54, 1.807) is 12.1 Å². The zero-order valence-electron chi connectivity index (χ0n) is 12.3. The van der Waals surface area contributed by atoms with Gasteiger partial charge in [-0.1, -0.05) is 26.0 Å². The highest BCUT2D eigenvalue weighted by Gasteiger charge is 2.47. The minimum atomic E-state index is -6.03. The van der Waals surface area contributed by atoms with E-state index in [4.69, 9.17) is 4.74 Å². The van der Waals surface area contributed by atoms with Gasteiger partial charge in [-0.05, 0) is 30.0 Å². The van der Waals surface area contributed by atoms with E-state index >= 15 is 0 Å². The molecule has 0 bridgehead atoms. The monoisotopic (exact) mass is 339 g/mol. The molecule has 0 heterocycles. The van der Waals surface area contributed by atoms with Crippen molar-refractivity contribution in [1.82, 2.24) is 0 Å². The second-order valence-corrected chi connectivity index (χ2v) is 6.45. The molecule has 0 radical (unpaired) electrons. The molecule has 0 aromatic heterocycles. The first kappa shape index (κ1) is 18.8. The largest absolute Gasteiger partial charge is 0.743 e. The number of hydrogen-bond acceptors (Lipinski definition) is 4. The summed E-state index contributed by atoms with van der Waals surface area (Å²) >= 11 is 0. The third-order valence-electron chi connectivity index (χ3n) is 3.40. The summed E-state index contributed by atoms with van der Waals surface area (Å²) in [7, 11) is -6.03. The molecule has 126 valence electrons. The van der Waals surface area contributed by atoms with Crippen LogP contribution in [-0.4, -0.2) is 31.0 Å². The molecule has 1 aromatic rings. The Morgan fingerprint density at radius 2 is 1.82 bits per heavy atom. The molecule has 0 N–H and O–H groups in total. The minimum absolute atomic E-state index is 0.354. The predicted molar refractivity (Wildman–Crippen MR) is 74.8 cm³/mol. The number of alkyl halides is 3. The summed E-state index contributed by atoms with van der Waals surface area (Å²) in [5.41, 5.74) is 1.09. The summed E-state index contributed by atoms with van der Waals surface area (Å²) in [5, 5.41) is -4.95. The van der Waals surface area contributed by atoms with Crippen molar-refractivity contribution in [3.05, 3.63) is 29.8 Å². The van der Waals surface area contributed by atoms with E-state index in [2.05, 4.69) is 6.92 Å². The van der Waals surface area contributed by atoms with Gasteiger partial charge in [0.25, 0.3) is 0 Å². The lowest BCUT2D eigenvalue weighted by molar-refractivity contribution is -0.0118. The van der Waals surface area contributed by atoms with Crippen LogP contribution in [0.4, 0.5) is 13.2 Å². The first-order valence-corrected chi connectivity index (χ1v) is 8.20. The Labute approximate surface area is 128 Å². The van der Waals surface area contributed by atoms with Crippen LogP contribution in [0.25, 0.3) is 0 Å². The van der Waals surface area contributed by atoms with Crippen LogP contribution in [0.5, 0.6) is 5.75 Å². The topological polar surface area (TPSA) is 66.4 Å². The van der Waals surface area contributed by atoms with Crippen LogP contribution >= 0.6 is 0 Å². The lowest BCUT2D eigenvalue weighted by Crippen LogP contribution is -2.39. The highest BCUT2D eigenvalue weighted by atomic mass is 32.2. The Morgan fingerprint density at radius 3 is 2.27 bits per heavy atom. The van der Waals surface area contributed by atoms with Crippen LogP contribution in [0.1, 0.15) is 38.2 Å². The first-order chi connectivity index (χ1) is 10.1. The Morgan fingerprint density at radius 1 is 1.27 bits per heavy atom. The number of hydrogen-bond donors (Lipinski definition) is 0. The first-order valence-electron chi connectivity index (χ1n) is 6.79. The molecule has 22 heavy (non-hydrogen) atoms. The number of halogens is 3. The minimum Gasteiger partial charge on any atom is -0.743 e. The lowest BCUT2D eigenvalue weighted by Gasteiger charge is -2.23. The Balaban J connectivity index is 2.54. The van der Waals surface area contributed by atoms with E-state index in [9.17, 15) is 26.1 Å². The van der Waals surface area contributed by atoms with Crippen LogP contribution in [-0.2, 0) is 10.1 Å². The Hall–Kier alpha value is -1.28. The maximum atomic E-state index is 13.2. The van der Waals surface area contributed by atoms with Crippen molar-refractivity contribution in [3.63, 3.8) is 0 Å². The molecule has 8 heteroatoms. The van der Waals surface area contributed by atoms with E-state index in [-0.39, 0.29) is 0 Å². The molecule has 0 saturated heterocycles. The maximum absolute atomic E-state index is 13.2. The predicted octanol–water partition coefficient (Wildman–Crippen LogP) is 3.45. The summed E-state index contributed by atoms with van der Waals surface area (Å²) in [6, 6.07) is 6.87. The van der Waals surface area contributed by atoms with Crippen molar-refractivity contribution in [2.24, 2.45) is 0 Å². The summed E-state index contributed by atoms with van der Waals surface area (Å²) in [6.45, 7) is 3.63. The van der Waals surface area contributed by atoms with Crippen molar-refractivity contribution >= 4 is 10.1 Å². The maximum Gasteiger partial charge on any atom is 0.364 e. The summed E-state index contributed by atoms with van der Waals surface area (Å²) < 4.78 is 74.9. The van der Waals surface area contributed by atoms with E-state index in [1.807, 2.05) is 19.1 Å². The second-order valence-electron chi connectivity index (χ2n) is 5.00. The average molecular weight is 339 g/mol. The molecule has 0 spiro atoms. The molecule has 2 atom stereocenters. The van der Waals surface area contributed by atoms with Gasteiger partial charge in [-0.3, -0.25) is 0 Å². The van der Waals surface area contributed by atoms with Gasteiger partial charge in [0, 0.05) is 6.42 Å². The lowest BCUT2D eigenvalue weighted by atomic mass is 9.99. The molecule has 4 nitrogen and oxygen atoms in total. The second kappa shape index (κ2) is 7.32.